The minimum atomic E-state index is -0.426. The van der Waals surface area contributed by atoms with Crippen molar-refractivity contribution in [2.75, 3.05) is 13.6 Å². The Balaban J connectivity index is 2.70. The Morgan fingerprint density at radius 1 is 1.37 bits per heavy atom. The highest BCUT2D eigenvalue weighted by Crippen LogP contribution is 2.27. The summed E-state index contributed by atoms with van der Waals surface area (Å²) in [4.78, 5) is 11.7. The number of carbonyl (C=O) groups excluding carboxylic acids is 1. The van der Waals surface area contributed by atoms with Gasteiger partial charge in [0.2, 0.25) is 5.91 Å². The van der Waals surface area contributed by atoms with Crippen molar-refractivity contribution in [3.8, 4) is 0 Å². The quantitative estimate of drug-likeness (QED) is 0.804. The highest BCUT2D eigenvalue weighted by atomic mass is 79.9. The molecule has 0 radical (unpaired) electrons. The molecule has 106 valence electrons. The summed E-state index contributed by atoms with van der Waals surface area (Å²) in [6, 6.07) is 6.28. The third-order valence-electron chi connectivity index (χ3n) is 3.12. The van der Waals surface area contributed by atoms with Gasteiger partial charge in [0.1, 0.15) is 0 Å². The van der Waals surface area contributed by atoms with E-state index in [0.29, 0.717) is 6.54 Å². The van der Waals surface area contributed by atoms with Gasteiger partial charge >= 0.3 is 0 Å². The summed E-state index contributed by atoms with van der Waals surface area (Å²) in [6.07, 6.45) is 0. The lowest BCUT2D eigenvalue weighted by Gasteiger charge is -2.26. The molecule has 0 aliphatic heterocycles. The average Bonchev–Trinajstić information content (AvgIpc) is 2.35. The lowest BCUT2D eigenvalue weighted by Crippen LogP contribution is -2.42. The molecule has 1 aromatic carbocycles. The van der Waals surface area contributed by atoms with Gasteiger partial charge in [0.25, 0.3) is 0 Å². The standard InChI is InChI=1S/C14H20Br2N2O/c1-9(11-6-5-10(15)7-12(11)16)18-8-14(2,3)13(19)17-4/h5-7,9,18H,8H2,1-4H3,(H,17,19). The molecular formula is C14H20Br2N2O. The summed E-state index contributed by atoms with van der Waals surface area (Å²) in [5, 5.41) is 6.10. The van der Waals surface area contributed by atoms with Gasteiger partial charge in [0.15, 0.2) is 0 Å². The van der Waals surface area contributed by atoms with Gasteiger partial charge in [-0.15, -0.1) is 0 Å². The average molecular weight is 392 g/mol. The van der Waals surface area contributed by atoms with E-state index in [1.807, 2.05) is 26.0 Å². The van der Waals surface area contributed by atoms with Crippen LogP contribution in [-0.4, -0.2) is 19.5 Å². The van der Waals surface area contributed by atoms with E-state index in [1.165, 1.54) is 5.56 Å². The molecule has 0 aliphatic rings. The second-order valence-corrected chi connectivity index (χ2v) is 7.00. The molecule has 1 rings (SSSR count). The molecule has 0 bridgehead atoms. The van der Waals surface area contributed by atoms with Crippen LogP contribution in [0.15, 0.2) is 27.1 Å². The van der Waals surface area contributed by atoms with Crippen LogP contribution in [0.1, 0.15) is 32.4 Å². The molecule has 0 heterocycles. The van der Waals surface area contributed by atoms with Gasteiger partial charge in [-0.05, 0) is 38.5 Å². The van der Waals surface area contributed by atoms with Crippen LogP contribution < -0.4 is 10.6 Å². The van der Waals surface area contributed by atoms with Crippen molar-refractivity contribution in [1.82, 2.24) is 10.6 Å². The molecule has 19 heavy (non-hydrogen) atoms. The maximum absolute atomic E-state index is 11.7. The summed E-state index contributed by atoms with van der Waals surface area (Å²) in [6.45, 7) is 6.58. The number of benzene rings is 1. The first kappa shape index (κ1) is 16.7. The minimum absolute atomic E-state index is 0.0436. The first-order valence-corrected chi connectivity index (χ1v) is 7.77. The SMILES string of the molecule is CNC(=O)C(C)(C)CNC(C)c1ccc(Br)cc1Br. The Hall–Kier alpha value is -0.390. The molecule has 1 atom stereocenters. The lowest BCUT2D eigenvalue weighted by atomic mass is 9.91. The fourth-order valence-corrected chi connectivity index (χ4v) is 3.18. The van der Waals surface area contributed by atoms with Crippen molar-refractivity contribution in [2.24, 2.45) is 5.41 Å². The fourth-order valence-electron chi connectivity index (χ4n) is 1.79. The third-order valence-corrected chi connectivity index (χ3v) is 4.30. The highest BCUT2D eigenvalue weighted by molar-refractivity contribution is 9.11. The van der Waals surface area contributed by atoms with Crippen LogP contribution in [0.5, 0.6) is 0 Å². The van der Waals surface area contributed by atoms with Crippen molar-refractivity contribution < 1.29 is 4.79 Å². The van der Waals surface area contributed by atoms with Gasteiger partial charge in [-0.3, -0.25) is 4.79 Å². The molecule has 5 heteroatoms. The van der Waals surface area contributed by atoms with E-state index in [1.54, 1.807) is 7.05 Å². The van der Waals surface area contributed by atoms with Crippen LogP contribution in [0.4, 0.5) is 0 Å². The third kappa shape index (κ3) is 4.58. The summed E-state index contributed by atoms with van der Waals surface area (Å²) in [5.41, 5.74) is 0.751. The maximum Gasteiger partial charge on any atom is 0.226 e. The predicted molar refractivity (Wildman–Crippen MR) is 86.1 cm³/mol. The van der Waals surface area contributed by atoms with Gasteiger partial charge < -0.3 is 10.6 Å². The molecule has 0 saturated heterocycles. The number of rotatable bonds is 5. The monoisotopic (exact) mass is 390 g/mol. The zero-order valence-electron chi connectivity index (χ0n) is 11.7. The highest BCUT2D eigenvalue weighted by Gasteiger charge is 2.27. The summed E-state index contributed by atoms with van der Waals surface area (Å²) in [5.74, 6) is 0.0436. The van der Waals surface area contributed by atoms with E-state index in [-0.39, 0.29) is 11.9 Å². The molecule has 2 N–H and O–H groups in total. The van der Waals surface area contributed by atoms with Crippen molar-refractivity contribution in [3.05, 3.63) is 32.7 Å². The lowest BCUT2D eigenvalue weighted by molar-refractivity contribution is -0.128. The minimum Gasteiger partial charge on any atom is -0.359 e. The first-order chi connectivity index (χ1) is 8.77. The Bertz CT molecular complexity index is 461. The fraction of sp³-hybridized carbons (Fsp3) is 0.500. The summed E-state index contributed by atoms with van der Waals surface area (Å²) < 4.78 is 2.10. The van der Waals surface area contributed by atoms with Crippen molar-refractivity contribution >= 4 is 37.8 Å². The van der Waals surface area contributed by atoms with Crippen molar-refractivity contribution in [2.45, 2.75) is 26.8 Å². The predicted octanol–water partition coefficient (Wildman–Crippen LogP) is 3.63. The van der Waals surface area contributed by atoms with Crippen molar-refractivity contribution in [3.63, 3.8) is 0 Å². The normalized spacial score (nSPS) is 13.2. The van der Waals surface area contributed by atoms with E-state index in [0.717, 1.165) is 8.95 Å². The second-order valence-electron chi connectivity index (χ2n) is 5.23. The van der Waals surface area contributed by atoms with Crippen LogP contribution >= 0.6 is 31.9 Å². The van der Waals surface area contributed by atoms with Crippen LogP contribution in [-0.2, 0) is 4.79 Å². The Kier molecular flexibility index (Phi) is 6.02. The zero-order chi connectivity index (χ0) is 14.6. The van der Waals surface area contributed by atoms with Gasteiger partial charge in [-0.1, -0.05) is 37.9 Å². The van der Waals surface area contributed by atoms with Crippen LogP contribution in [0, 0.1) is 5.41 Å². The number of hydrogen-bond donors (Lipinski definition) is 2. The van der Waals surface area contributed by atoms with Gasteiger partial charge in [0, 0.05) is 28.6 Å². The van der Waals surface area contributed by atoms with E-state index in [9.17, 15) is 4.79 Å². The number of carbonyl (C=O) groups is 1. The van der Waals surface area contributed by atoms with E-state index < -0.39 is 5.41 Å². The van der Waals surface area contributed by atoms with Gasteiger partial charge in [-0.25, -0.2) is 0 Å². The molecule has 1 unspecified atom stereocenters. The molecule has 1 amide bonds. The Labute approximate surface area is 131 Å². The first-order valence-electron chi connectivity index (χ1n) is 6.18. The Morgan fingerprint density at radius 2 is 2.00 bits per heavy atom. The van der Waals surface area contributed by atoms with Crippen LogP contribution in [0.2, 0.25) is 0 Å². The number of nitrogens with one attached hydrogen (secondary N) is 2. The van der Waals surface area contributed by atoms with E-state index >= 15 is 0 Å². The molecule has 0 aromatic heterocycles. The molecule has 0 spiro atoms. The smallest absolute Gasteiger partial charge is 0.226 e. The van der Waals surface area contributed by atoms with Gasteiger partial charge in [0.05, 0.1) is 5.41 Å². The molecule has 0 saturated carbocycles. The largest absolute Gasteiger partial charge is 0.359 e. The molecule has 0 aliphatic carbocycles. The topological polar surface area (TPSA) is 41.1 Å². The molecule has 1 aromatic rings. The summed E-state index contributed by atoms with van der Waals surface area (Å²) in [7, 11) is 1.67. The molecular weight excluding hydrogens is 372 g/mol. The Morgan fingerprint density at radius 3 is 2.53 bits per heavy atom. The number of amides is 1. The maximum atomic E-state index is 11.7. The van der Waals surface area contributed by atoms with E-state index in [4.69, 9.17) is 0 Å². The second kappa shape index (κ2) is 6.86. The van der Waals surface area contributed by atoms with Crippen LogP contribution in [0.3, 0.4) is 0 Å². The van der Waals surface area contributed by atoms with Gasteiger partial charge in [-0.2, -0.15) is 0 Å². The molecule has 0 fully saturated rings. The van der Waals surface area contributed by atoms with Crippen molar-refractivity contribution in [1.29, 1.82) is 0 Å². The van der Waals surface area contributed by atoms with E-state index in [2.05, 4.69) is 55.5 Å². The number of halogens is 2. The zero-order valence-corrected chi connectivity index (χ0v) is 14.9. The van der Waals surface area contributed by atoms with Crippen LogP contribution in [0.25, 0.3) is 0 Å². The molecule has 3 nitrogen and oxygen atoms in total. The number of hydrogen-bond acceptors (Lipinski definition) is 2. The summed E-state index contributed by atoms with van der Waals surface area (Å²) >= 11 is 7.00.